The topological polar surface area (TPSA) is 83.6 Å². The number of rotatable bonds is 4. The van der Waals surface area contributed by atoms with Crippen molar-refractivity contribution in [2.45, 2.75) is 18.9 Å². The van der Waals surface area contributed by atoms with Gasteiger partial charge in [0.1, 0.15) is 6.42 Å². The molecule has 1 heterocycles. The summed E-state index contributed by atoms with van der Waals surface area (Å²) in [7, 11) is -1.52. The van der Waals surface area contributed by atoms with E-state index in [1.165, 1.54) is 4.90 Å². The summed E-state index contributed by atoms with van der Waals surface area (Å²) in [5, 5.41) is 2.65. The van der Waals surface area contributed by atoms with Crippen LogP contribution in [0.2, 0.25) is 0 Å². The van der Waals surface area contributed by atoms with Crippen LogP contribution in [-0.2, 0) is 19.4 Å². The van der Waals surface area contributed by atoms with E-state index in [1.54, 1.807) is 25.2 Å². The second-order valence-electron chi connectivity index (χ2n) is 5.27. The minimum absolute atomic E-state index is 0.0267. The lowest BCUT2D eigenvalue weighted by Gasteiger charge is -2.23. The Hall–Kier alpha value is -1.41. The van der Waals surface area contributed by atoms with Crippen molar-refractivity contribution >= 4 is 43.3 Å². The number of anilines is 1. The summed E-state index contributed by atoms with van der Waals surface area (Å²) in [5.41, 5.74) is 0.589. The van der Waals surface area contributed by atoms with Gasteiger partial charge in [0, 0.05) is 17.6 Å². The molecule has 1 aromatic rings. The average Bonchev–Trinajstić information content (AvgIpc) is 2.80. The molecule has 0 radical (unpaired) electrons. The van der Waals surface area contributed by atoms with Gasteiger partial charge >= 0.3 is 0 Å². The van der Waals surface area contributed by atoms with Gasteiger partial charge in [-0.2, -0.15) is 0 Å². The molecule has 0 spiro atoms. The third-order valence-corrected chi connectivity index (χ3v) is 6.05. The quantitative estimate of drug-likeness (QED) is 0.790. The summed E-state index contributed by atoms with van der Waals surface area (Å²) in [5.74, 6) is -0.740. The molecule has 0 aliphatic carbocycles. The number of amides is 2. The van der Waals surface area contributed by atoms with Gasteiger partial charge in [-0.15, -0.1) is 0 Å². The highest BCUT2D eigenvalue weighted by molar-refractivity contribution is 9.10. The van der Waals surface area contributed by atoms with E-state index in [0.29, 0.717) is 12.1 Å². The molecular weight excluding hydrogens is 372 g/mol. The Labute approximate surface area is 137 Å². The van der Waals surface area contributed by atoms with Crippen molar-refractivity contribution in [1.29, 1.82) is 0 Å². The van der Waals surface area contributed by atoms with E-state index in [0.717, 1.165) is 4.47 Å². The number of hydrogen-bond acceptors (Lipinski definition) is 4. The lowest BCUT2D eigenvalue weighted by Crippen LogP contribution is -2.39. The van der Waals surface area contributed by atoms with Crippen molar-refractivity contribution in [2.75, 3.05) is 23.9 Å². The number of sulfone groups is 1. The van der Waals surface area contributed by atoms with E-state index < -0.39 is 15.7 Å². The maximum atomic E-state index is 12.1. The van der Waals surface area contributed by atoms with E-state index in [1.807, 2.05) is 6.07 Å². The molecule has 2 rings (SSSR count). The van der Waals surface area contributed by atoms with Crippen molar-refractivity contribution in [3.63, 3.8) is 0 Å². The number of carbonyl (C=O) groups excluding carboxylic acids is 2. The van der Waals surface area contributed by atoms with Crippen LogP contribution >= 0.6 is 15.9 Å². The molecule has 1 aliphatic heterocycles. The Kier molecular flexibility index (Phi) is 5.23. The van der Waals surface area contributed by atoms with Crippen LogP contribution in [0.3, 0.4) is 0 Å². The second kappa shape index (κ2) is 6.78. The molecule has 0 bridgehead atoms. The van der Waals surface area contributed by atoms with Gasteiger partial charge in [0.25, 0.3) is 0 Å². The molecule has 120 valence electrons. The van der Waals surface area contributed by atoms with Crippen molar-refractivity contribution in [3.8, 4) is 0 Å². The molecular formula is C14H17BrN2O4S. The van der Waals surface area contributed by atoms with Crippen LogP contribution in [0.4, 0.5) is 5.69 Å². The molecule has 6 nitrogen and oxygen atoms in total. The largest absolute Gasteiger partial charge is 0.341 e. The number of nitrogens with one attached hydrogen (secondary N) is 1. The first kappa shape index (κ1) is 17.0. The third-order valence-electron chi connectivity index (χ3n) is 3.61. The first-order valence-corrected chi connectivity index (χ1v) is 9.40. The molecule has 0 saturated carbocycles. The standard InChI is InChI=1S/C14H17BrN2O4S/c1-17(10-6-7-22(20,21)9-10)14(19)8-13(18)16-12-5-3-2-4-11(12)15/h2-5,10H,6-9H2,1H3,(H,16,18). The fourth-order valence-corrected chi connectivity index (χ4v) is 4.46. The molecule has 1 fully saturated rings. The van der Waals surface area contributed by atoms with Gasteiger partial charge in [0.2, 0.25) is 11.8 Å². The first-order valence-electron chi connectivity index (χ1n) is 6.79. The van der Waals surface area contributed by atoms with Gasteiger partial charge in [-0.05, 0) is 34.5 Å². The maximum Gasteiger partial charge on any atom is 0.233 e. The molecule has 1 atom stereocenters. The number of hydrogen-bond donors (Lipinski definition) is 1. The van der Waals surface area contributed by atoms with Crippen LogP contribution in [0.1, 0.15) is 12.8 Å². The first-order chi connectivity index (χ1) is 10.3. The second-order valence-corrected chi connectivity index (χ2v) is 8.35. The highest BCUT2D eigenvalue weighted by Gasteiger charge is 2.33. The highest BCUT2D eigenvalue weighted by atomic mass is 79.9. The summed E-state index contributed by atoms with van der Waals surface area (Å²) in [6, 6.07) is 6.76. The molecule has 2 amide bonds. The fraction of sp³-hybridized carbons (Fsp3) is 0.429. The van der Waals surface area contributed by atoms with E-state index in [-0.39, 0.29) is 29.9 Å². The van der Waals surface area contributed by atoms with Crippen LogP contribution in [0.25, 0.3) is 0 Å². The lowest BCUT2D eigenvalue weighted by atomic mass is 10.2. The van der Waals surface area contributed by atoms with Crippen LogP contribution in [0, 0.1) is 0 Å². The summed E-state index contributed by atoms with van der Waals surface area (Å²) in [6.07, 6.45) is 0.116. The van der Waals surface area contributed by atoms with Crippen LogP contribution in [0.15, 0.2) is 28.7 Å². The fourth-order valence-electron chi connectivity index (χ4n) is 2.30. The zero-order valence-electron chi connectivity index (χ0n) is 12.1. The minimum Gasteiger partial charge on any atom is -0.341 e. The number of carbonyl (C=O) groups is 2. The minimum atomic E-state index is -3.06. The predicted molar refractivity (Wildman–Crippen MR) is 87.2 cm³/mol. The van der Waals surface area contributed by atoms with Crippen LogP contribution in [-0.4, -0.2) is 49.7 Å². The van der Waals surface area contributed by atoms with Crippen molar-refractivity contribution in [1.82, 2.24) is 4.90 Å². The average molecular weight is 389 g/mol. The van der Waals surface area contributed by atoms with E-state index in [4.69, 9.17) is 0 Å². The Morgan fingerprint density at radius 1 is 1.36 bits per heavy atom. The third kappa shape index (κ3) is 4.30. The molecule has 1 unspecified atom stereocenters. The van der Waals surface area contributed by atoms with Crippen molar-refractivity contribution in [2.24, 2.45) is 0 Å². The monoisotopic (exact) mass is 388 g/mol. The molecule has 1 N–H and O–H groups in total. The Morgan fingerprint density at radius 3 is 2.64 bits per heavy atom. The van der Waals surface area contributed by atoms with Crippen LogP contribution < -0.4 is 5.32 Å². The van der Waals surface area contributed by atoms with Gasteiger partial charge in [-0.1, -0.05) is 12.1 Å². The molecule has 1 aromatic carbocycles. The molecule has 22 heavy (non-hydrogen) atoms. The number of benzene rings is 1. The van der Waals surface area contributed by atoms with E-state index in [2.05, 4.69) is 21.2 Å². The SMILES string of the molecule is CN(C(=O)CC(=O)Nc1ccccc1Br)C1CCS(=O)(=O)C1. The van der Waals surface area contributed by atoms with Gasteiger partial charge in [0.15, 0.2) is 9.84 Å². The number of halogens is 1. The normalized spacial score (nSPS) is 19.6. The zero-order chi connectivity index (χ0) is 16.3. The Balaban J connectivity index is 1.91. The van der Waals surface area contributed by atoms with E-state index in [9.17, 15) is 18.0 Å². The zero-order valence-corrected chi connectivity index (χ0v) is 14.5. The van der Waals surface area contributed by atoms with Crippen molar-refractivity contribution < 1.29 is 18.0 Å². The maximum absolute atomic E-state index is 12.1. The number of para-hydroxylation sites is 1. The van der Waals surface area contributed by atoms with Gasteiger partial charge in [0.05, 0.1) is 17.2 Å². The predicted octanol–water partition coefficient (Wildman–Crippen LogP) is 1.42. The summed E-state index contributed by atoms with van der Waals surface area (Å²) in [6.45, 7) is 0. The Bertz CT molecular complexity index is 690. The molecule has 0 aromatic heterocycles. The molecule has 1 saturated heterocycles. The van der Waals surface area contributed by atoms with Crippen molar-refractivity contribution in [3.05, 3.63) is 28.7 Å². The summed E-state index contributed by atoms with van der Waals surface area (Å²) < 4.78 is 23.6. The van der Waals surface area contributed by atoms with E-state index >= 15 is 0 Å². The molecule has 8 heteroatoms. The molecule has 1 aliphatic rings. The smallest absolute Gasteiger partial charge is 0.233 e. The van der Waals surface area contributed by atoms with Gasteiger partial charge in [-0.3, -0.25) is 9.59 Å². The Morgan fingerprint density at radius 2 is 2.05 bits per heavy atom. The number of nitrogens with zero attached hydrogens (tertiary/aromatic N) is 1. The van der Waals surface area contributed by atoms with Gasteiger partial charge < -0.3 is 10.2 Å². The van der Waals surface area contributed by atoms with Gasteiger partial charge in [-0.25, -0.2) is 8.42 Å². The summed E-state index contributed by atoms with van der Waals surface area (Å²) >= 11 is 3.31. The highest BCUT2D eigenvalue weighted by Crippen LogP contribution is 2.21. The summed E-state index contributed by atoms with van der Waals surface area (Å²) in [4.78, 5) is 25.4. The van der Waals surface area contributed by atoms with Crippen LogP contribution in [0.5, 0.6) is 0 Å². The lowest BCUT2D eigenvalue weighted by molar-refractivity contribution is -0.134.